The number of ether oxygens (including phenoxy) is 1. The highest BCUT2D eigenvalue weighted by molar-refractivity contribution is 7.12. The van der Waals surface area contributed by atoms with Gasteiger partial charge < -0.3 is 4.74 Å². The molecule has 0 aromatic carbocycles. The molecule has 78 valence electrons. The zero-order chi connectivity index (χ0) is 9.97. The van der Waals surface area contributed by atoms with Gasteiger partial charge in [0.15, 0.2) is 0 Å². The van der Waals surface area contributed by atoms with E-state index in [4.69, 9.17) is 4.74 Å². The Morgan fingerprint density at radius 2 is 2.00 bits per heavy atom. The van der Waals surface area contributed by atoms with Crippen LogP contribution in [0.25, 0.3) is 0 Å². The monoisotopic (exact) mass is 210 g/mol. The Kier molecular flexibility index (Phi) is 3.24. The average Bonchev–Trinajstić information content (AvgIpc) is 2.68. The summed E-state index contributed by atoms with van der Waals surface area (Å²) in [5.41, 5.74) is 0. The van der Waals surface area contributed by atoms with Gasteiger partial charge in [0.2, 0.25) is 0 Å². The van der Waals surface area contributed by atoms with Crippen molar-refractivity contribution in [3.8, 4) is 0 Å². The molecule has 0 atom stereocenters. The maximum atomic E-state index is 5.38. The zero-order valence-electron chi connectivity index (χ0n) is 8.95. The standard InChI is InChI=1S/C12H18OS/c1-9(2)11-3-4-12(14-11)10-5-7-13-8-6-10/h3-4,9-10H,5-8H2,1-2H3. The first-order chi connectivity index (χ1) is 6.77. The molecule has 2 heterocycles. The van der Waals surface area contributed by atoms with Gasteiger partial charge in [-0.25, -0.2) is 0 Å². The molecule has 0 N–H and O–H groups in total. The third kappa shape index (κ3) is 2.18. The van der Waals surface area contributed by atoms with Crippen molar-refractivity contribution in [1.82, 2.24) is 0 Å². The molecule has 0 saturated carbocycles. The SMILES string of the molecule is CC(C)c1ccc(C2CCOCC2)s1. The quantitative estimate of drug-likeness (QED) is 0.722. The molecule has 0 radical (unpaired) electrons. The minimum Gasteiger partial charge on any atom is -0.381 e. The molecule has 2 rings (SSSR count). The van der Waals surface area contributed by atoms with Crippen molar-refractivity contribution >= 4 is 11.3 Å². The van der Waals surface area contributed by atoms with Gasteiger partial charge in [-0.2, -0.15) is 0 Å². The predicted molar refractivity (Wildman–Crippen MR) is 61.2 cm³/mol. The van der Waals surface area contributed by atoms with Crippen LogP contribution in [0, 0.1) is 0 Å². The van der Waals surface area contributed by atoms with Crippen molar-refractivity contribution in [2.75, 3.05) is 13.2 Å². The summed E-state index contributed by atoms with van der Waals surface area (Å²) in [5, 5.41) is 0. The third-order valence-corrected chi connectivity index (χ3v) is 4.39. The van der Waals surface area contributed by atoms with Crippen molar-refractivity contribution in [3.63, 3.8) is 0 Å². The van der Waals surface area contributed by atoms with E-state index < -0.39 is 0 Å². The van der Waals surface area contributed by atoms with E-state index in [0.717, 1.165) is 19.1 Å². The van der Waals surface area contributed by atoms with Gasteiger partial charge in [-0.3, -0.25) is 0 Å². The summed E-state index contributed by atoms with van der Waals surface area (Å²) in [6, 6.07) is 4.61. The summed E-state index contributed by atoms with van der Waals surface area (Å²) < 4.78 is 5.38. The molecular weight excluding hydrogens is 192 g/mol. The fraction of sp³-hybridized carbons (Fsp3) is 0.667. The van der Waals surface area contributed by atoms with E-state index in [2.05, 4.69) is 26.0 Å². The first-order valence-electron chi connectivity index (χ1n) is 5.44. The van der Waals surface area contributed by atoms with Crippen molar-refractivity contribution in [2.45, 2.75) is 38.5 Å². The first-order valence-corrected chi connectivity index (χ1v) is 6.26. The molecule has 1 fully saturated rings. The van der Waals surface area contributed by atoms with Crippen LogP contribution in [0.2, 0.25) is 0 Å². The van der Waals surface area contributed by atoms with Gasteiger partial charge in [0.05, 0.1) is 0 Å². The van der Waals surface area contributed by atoms with Crippen LogP contribution in [0.15, 0.2) is 12.1 Å². The van der Waals surface area contributed by atoms with Crippen LogP contribution >= 0.6 is 11.3 Å². The third-order valence-electron chi connectivity index (χ3n) is 2.84. The molecule has 0 aliphatic carbocycles. The lowest BCUT2D eigenvalue weighted by Crippen LogP contribution is -2.12. The highest BCUT2D eigenvalue weighted by Crippen LogP contribution is 2.34. The maximum absolute atomic E-state index is 5.38. The van der Waals surface area contributed by atoms with Crippen LogP contribution in [0.3, 0.4) is 0 Å². The van der Waals surface area contributed by atoms with Gasteiger partial charge in [-0.05, 0) is 36.8 Å². The summed E-state index contributed by atoms with van der Waals surface area (Å²) in [6.07, 6.45) is 2.41. The summed E-state index contributed by atoms with van der Waals surface area (Å²) in [6.45, 7) is 6.42. The Balaban J connectivity index is 2.07. The van der Waals surface area contributed by atoms with E-state index in [1.807, 2.05) is 11.3 Å². The maximum Gasteiger partial charge on any atom is 0.0472 e. The van der Waals surface area contributed by atoms with E-state index in [1.54, 1.807) is 4.88 Å². The fourth-order valence-corrected chi connectivity index (χ4v) is 3.06. The van der Waals surface area contributed by atoms with Crippen LogP contribution in [0.4, 0.5) is 0 Å². The van der Waals surface area contributed by atoms with Gasteiger partial charge in [0.1, 0.15) is 0 Å². The number of rotatable bonds is 2. The van der Waals surface area contributed by atoms with Crippen LogP contribution in [-0.4, -0.2) is 13.2 Å². The summed E-state index contributed by atoms with van der Waals surface area (Å²) in [5.74, 6) is 1.44. The molecule has 1 aliphatic heterocycles. The van der Waals surface area contributed by atoms with Gasteiger partial charge >= 0.3 is 0 Å². The second-order valence-electron chi connectivity index (χ2n) is 4.28. The Hall–Kier alpha value is -0.340. The van der Waals surface area contributed by atoms with Gasteiger partial charge in [0.25, 0.3) is 0 Å². The second-order valence-corrected chi connectivity index (χ2v) is 5.43. The van der Waals surface area contributed by atoms with Gasteiger partial charge in [0, 0.05) is 23.0 Å². The van der Waals surface area contributed by atoms with Crippen LogP contribution in [-0.2, 0) is 4.74 Å². The van der Waals surface area contributed by atoms with E-state index in [9.17, 15) is 0 Å². The molecule has 2 heteroatoms. The van der Waals surface area contributed by atoms with Crippen molar-refractivity contribution in [2.24, 2.45) is 0 Å². The molecule has 1 aromatic rings. The average molecular weight is 210 g/mol. The Labute approximate surface area is 90.1 Å². The second kappa shape index (κ2) is 4.45. The molecule has 14 heavy (non-hydrogen) atoms. The van der Waals surface area contributed by atoms with Crippen molar-refractivity contribution in [1.29, 1.82) is 0 Å². The Bertz CT molecular complexity index is 284. The highest BCUT2D eigenvalue weighted by Gasteiger charge is 2.17. The van der Waals surface area contributed by atoms with Gasteiger partial charge in [-0.15, -0.1) is 11.3 Å². The number of hydrogen-bond acceptors (Lipinski definition) is 2. The van der Waals surface area contributed by atoms with Crippen LogP contribution in [0.1, 0.15) is 48.3 Å². The molecule has 0 unspecified atom stereocenters. The summed E-state index contributed by atoms with van der Waals surface area (Å²) >= 11 is 1.99. The molecule has 0 spiro atoms. The molecule has 1 nitrogen and oxygen atoms in total. The minimum atomic E-state index is 0.675. The molecule has 0 bridgehead atoms. The lowest BCUT2D eigenvalue weighted by molar-refractivity contribution is 0.0860. The lowest BCUT2D eigenvalue weighted by atomic mass is 9.99. The molecular formula is C12H18OS. The molecule has 1 aromatic heterocycles. The van der Waals surface area contributed by atoms with E-state index in [1.165, 1.54) is 17.7 Å². The molecule has 1 aliphatic rings. The summed E-state index contributed by atoms with van der Waals surface area (Å²) in [7, 11) is 0. The summed E-state index contributed by atoms with van der Waals surface area (Å²) in [4.78, 5) is 3.09. The number of hydrogen-bond donors (Lipinski definition) is 0. The highest BCUT2D eigenvalue weighted by atomic mass is 32.1. The van der Waals surface area contributed by atoms with Crippen LogP contribution < -0.4 is 0 Å². The molecule has 1 saturated heterocycles. The first kappa shape index (κ1) is 10.2. The Morgan fingerprint density at radius 3 is 2.57 bits per heavy atom. The van der Waals surface area contributed by atoms with E-state index >= 15 is 0 Å². The molecule has 0 amide bonds. The fourth-order valence-electron chi connectivity index (χ4n) is 1.88. The Morgan fingerprint density at radius 1 is 1.29 bits per heavy atom. The zero-order valence-corrected chi connectivity index (χ0v) is 9.77. The normalized spacial score (nSPS) is 19.1. The lowest BCUT2D eigenvalue weighted by Gasteiger charge is -2.20. The van der Waals surface area contributed by atoms with E-state index in [-0.39, 0.29) is 0 Å². The minimum absolute atomic E-state index is 0.675. The largest absolute Gasteiger partial charge is 0.381 e. The number of thiophene rings is 1. The van der Waals surface area contributed by atoms with Crippen LogP contribution in [0.5, 0.6) is 0 Å². The van der Waals surface area contributed by atoms with Crippen molar-refractivity contribution < 1.29 is 4.74 Å². The van der Waals surface area contributed by atoms with E-state index in [0.29, 0.717) is 5.92 Å². The van der Waals surface area contributed by atoms with Gasteiger partial charge in [-0.1, -0.05) is 13.8 Å². The smallest absolute Gasteiger partial charge is 0.0472 e. The predicted octanol–water partition coefficient (Wildman–Crippen LogP) is 3.77. The topological polar surface area (TPSA) is 9.23 Å². The van der Waals surface area contributed by atoms with Crippen molar-refractivity contribution in [3.05, 3.63) is 21.9 Å².